The molecule has 2 atom stereocenters. The quantitative estimate of drug-likeness (QED) is 0.706. The fourth-order valence-electron chi connectivity index (χ4n) is 3.25. The Hall–Kier alpha value is -0.570. The third kappa shape index (κ3) is 3.44. The third-order valence-corrected chi connectivity index (χ3v) is 4.14. The van der Waals surface area contributed by atoms with E-state index in [0.29, 0.717) is 25.0 Å². The van der Waals surface area contributed by atoms with E-state index in [1.165, 1.54) is 45.2 Å². The maximum atomic E-state index is 11.4. The van der Waals surface area contributed by atoms with Gasteiger partial charge in [0.25, 0.3) is 0 Å². The number of hydrogen-bond acceptors (Lipinski definition) is 3. The molecule has 3 heteroatoms. The van der Waals surface area contributed by atoms with Gasteiger partial charge in [-0.25, -0.2) is 0 Å². The molecule has 2 saturated heterocycles. The Labute approximate surface area is 105 Å². The highest BCUT2D eigenvalue weighted by atomic mass is 16.5. The molecule has 0 aromatic rings. The van der Waals surface area contributed by atoms with Gasteiger partial charge in [0.15, 0.2) is 0 Å². The number of ether oxygens (including phenoxy) is 1. The highest BCUT2D eigenvalue weighted by Gasteiger charge is 2.33. The Kier molecular flexibility index (Phi) is 4.84. The second kappa shape index (κ2) is 6.39. The first-order valence-corrected chi connectivity index (χ1v) is 7.21. The molecule has 2 fully saturated rings. The minimum atomic E-state index is -0.0135. The van der Waals surface area contributed by atoms with Crippen LogP contribution in [0.5, 0.6) is 0 Å². The summed E-state index contributed by atoms with van der Waals surface area (Å²) in [7, 11) is 0. The molecule has 0 aromatic carbocycles. The standard InChI is InChI=1S/C14H25NO2/c1-2-6-14(16)17-11-12-7-5-10-15-9-4-3-8-13(12)15/h12-13H,2-11H2,1H3/t12-,13+/m0/s1. The number of rotatable bonds is 4. The summed E-state index contributed by atoms with van der Waals surface area (Å²) in [6.45, 7) is 5.18. The van der Waals surface area contributed by atoms with Crippen molar-refractivity contribution in [2.24, 2.45) is 5.92 Å². The van der Waals surface area contributed by atoms with Crippen LogP contribution in [0.25, 0.3) is 0 Å². The van der Waals surface area contributed by atoms with Crippen molar-refractivity contribution in [2.75, 3.05) is 19.7 Å². The maximum absolute atomic E-state index is 11.4. The minimum absolute atomic E-state index is 0.0135. The van der Waals surface area contributed by atoms with Crippen LogP contribution in [0.15, 0.2) is 0 Å². The van der Waals surface area contributed by atoms with Gasteiger partial charge in [-0.05, 0) is 45.2 Å². The average molecular weight is 239 g/mol. The van der Waals surface area contributed by atoms with Crippen LogP contribution in [0.1, 0.15) is 51.9 Å². The van der Waals surface area contributed by atoms with Gasteiger partial charge in [-0.15, -0.1) is 0 Å². The van der Waals surface area contributed by atoms with E-state index in [1.54, 1.807) is 0 Å². The lowest BCUT2D eigenvalue weighted by Gasteiger charge is -2.44. The van der Waals surface area contributed by atoms with Gasteiger partial charge in [-0.1, -0.05) is 13.3 Å². The molecular weight excluding hydrogens is 214 g/mol. The molecule has 2 aliphatic heterocycles. The first-order chi connectivity index (χ1) is 8.31. The number of nitrogens with zero attached hydrogens (tertiary/aromatic N) is 1. The summed E-state index contributed by atoms with van der Waals surface area (Å²) in [6.07, 6.45) is 7.96. The summed E-state index contributed by atoms with van der Waals surface area (Å²) in [5.41, 5.74) is 0. The number of carbonyl (C=O) groups excluding carboxylic acids is 1. The summed E-state index contributed by atoms with van der Waals surface area (Å²) in [6, 6.07) is 0.687. The molecule has 0 saturated carbocycles. The highest BCUT2D eigenvalue weighted by Crippen LogP contribution is 2.30. The predicted octanol–water partition coefficient (Wildman–Crippen LogP) is 2.59. The summed E-state index contributed by atoms with van der Waals surface area (Å²) < 4.78 is 5.41. The maximum Gasteiger partial charge on any atom is 0.305 e. The second-order valence-corrected chi connectivity index (χ2v) is 5.43. The van der Waals surface area contributed by atoms with Crippen LogP contribution in [-0.2, 0) is 9.53 Å². The molecule has 0 aromatic heterocycles. The monoisotopic (exact) mass is 239 g/mol. The number of fused-ring (bicyclic) bond motifs is 1. The van der Waals surface area contributed by atoms with Gasteiger partial charge in [0.1, 0.15) is 0 Å². The molecule has 2 aliphatic rings. The fraction of sp³-hybridized carbons (Fsp3) is 0.929. The lowest BCUT2D eigenvalue weighted by atomic mass is 9.84. The molecule has 0 radical (unpaired) electrons. The number of piperidine rings is 2. The SMILES string of the molecule is CCCC(=O)OC[C@@H]1CCCN2CCCC[C@H]12. The zero-order valence-corrected chi connectivity index (χ0v) is 11.0. The first-order valence-electron chi connectivity index (χ1n) is 7.21. The van der Waals surface area contributed by atoms with Crippen LogP contribution >= 0.6 is 0 Å². The average Bonchev–Trinajstić information content (AvgIpc) is 2.36. The van der Waals surface area contributed by atoms with Crippen molar-refractivity contribution in [3.05, 3.63) is 0 Å². The number of hydrogen-bond donors (Lipinski definition) is 0. The molecule has 17 heavy (non-hydrogen) atoms. The Bertz CT molecular complexity index is 253. The van der Waals surface area contributed by atoms with Gasteiger partial charge in [-0.3, -0.25) is 9.69 Å². The first kappa shape index (κ1) is 12.9. The predicted molar refractivity (Wildman–Crippen MR) is 67.8 cm³/mol. The van der Waals surface area contributed by atoms with E-state index in [9.17, 15) is 4.79 Å². The molecule has 0 aliphatic carbocycles. The van der Waals surface area contributed by atoms with E-state index in [0.717, 1.165) is 6.42 Å². The van der Waals surface area contributed by atoms with Gasteiger partial charge in [0.2, 0.25) is 0 Å². The molecule has 0 bridgehead atoms. The van der Waals surface area contributed by atoms with Crippen molar-refractivity contribution in [1.29, 1.82) is 0 Å². The molecular formula is C14H25NO2. The Morgan fingerprint density at radius 2 is 2.06 bits per heavy atom. The molecule has 0 amide bonds. The van der Waals surface area contributed by atoms with Crippen LogP contribution in [-0.4, -0.2) is 36.6 Å². The van der Waals surface area contributed by atoms with E-state index >= 15 is 0 Å². The lowest BCUT2D eigenvalue weighted by Crippen LogP contribution is -2.49. The summed E-state index contributed by atoms with van der Waals surface area (Å²) in [4.78, 5) is 14.0. The van der Waals surface area contributed by atoms with Crippen LogP contribution < -0.4 is 0 Å². The van der Waals surface area contributed by atoms with E-state index in [-0.39, 0.29) is 5.97 Å². The van der Waals surface area contributed by atoms with Crippen molar-refractivity contribution in [2.45, 2.75) is 57.9 Å². The van der Waals surface area contributed by atoms with Crippen molar-refractivity contribution >= 4 is 5.97 Å². The van der Waals surface area contributed by atoms with Crippen LogP contribution in [0.3, 0.4) is 0 Å². The smallest absolute Gasteiger partial charge is 0.305 e. The zero-order valence-electron chi connectivity index (χ0n) is 11.0. The molecule has 0 N–H and O–H groups in total. The van der Waals surface area contributed by atoms with Gasteiger partial charge in [-0.2, -0.15) is 0 Å². The normalized spacial score (nSPS) is 29.7. The van der Waals surface area contributed by atoms with Crippen LogP contribution in [0.2, 0.25) is 0 Å². The molecule has 3 nitrogen and oxygen atoms in total. The minimum Gasteiger partial charge on any atom is -0.465 e. The van der Waals surface area contributed by atoms with Crippen LogP contribution in [0.4, 0.5) is 0 Å². The molecule has 0 unspecified atom stereocenters. The lowest BCUT2D eigenvalue weighted by molar-refractivity contribution is -0.146. The topological polar surface area (TPSA) is 29.5 Å². The highest BCUT2D eigenvalue weighted by molar-refractivity contribution is 5.69. The van der Waals surface area contributed by atoms with Crippen molar-refractivity contribution in [3.8, 4) is 0 Å². The molecule has 0 spiro atoms. The van der Waals surface area contributed by atoms with Crippen molar-refractivity contribution < 1.29 is 9.53 Å². The van der Waals surface area contributed by atoms with E-state index in [4.69, 9.17) is 4.74 Å². The third-order valence-electron chi connectivity index (χ3n) is 4.14. The van der Waals surface area contributed by atoms with Crippen molar-refractivity contribution in [3.63, 3.8) is 0 Å². The molecule has 2 heterocycles. The van der Waals surface area contributed by atoms with E-state index in [2.05, 4.69) is 4.90 Å². The van der Waals surface area contributed by atoms with E-state index < -0.39 is 0 Å². The van der Waals surface area contributed by atoms with Gasteiger partial charge in [0.05, 0.1) is 6.61 Å². The Morgan fingerprint density at radius 3 is 2.88 bits per heavy atom. The summed E-state index contributed by atoms with van der Waals surface area (Å²) in [5.74, 6) is 0.574. The summed E-state index contributed by atoms with van der Waals surface area (Å²) >= 11 is 0. The number of carbonyl (C=O) groups is 1. The summed E-state index contributed by atoms with van der Waals surface area (Å²) in [5, 5.41) is 0. The second-order valence-electron chi connectivity index (χ2n) is 5.43. The Balaban J connectivity index is 1.80. The van der Waals surface area contributed by atoms with Gasteiger partial charge >= 0.3 is 5.97 Å². The van der Waals surface area contributed by atoms with Gasteiger partial charge in [0, 0.05) is 18.4 Å². The van der Waals surface area contributed by atoms with Crippen molar-refractivity contribution in [1.82, 2.24) is 4.90 Å². The fourth-order valence-corrected chi connectivity index (χ4v) is 3.25. The van der Waals surface area contributed by atoms with Crippen LogP contribution in [0, 0.1) is 5.92 Å². The zero-order chi connectivity index (χ0) is 12.1. The molecule has 2 rings (SSSR count). The van der Waals surface area contributed by atoms with Gasteiger partial charge < -0.3 is 4.74 Å². The van der Waals surface area contributed by atoms with E-state index in [1.807, 2.05) is 6.92 Å². The molecule has 98 valence electrons. The number of esters is 1. The Morgan fingerprint density at radius 1 is 1.24 bits per heavy atom. The largest absolute Gasteiger partial charge is 0.465 e.